The van der Waals surface area contributed by atoms with E-state index in [4.69, 9.17) is 11.6 Å². The third kappa shape index (κ3) is 3.75. The molecule has 0 amide bonds. The molecular formula is C14H13BrClNS. The molecule has 0 unspecified atom stereocenters. The molecule has 0 atom stereocenters. The van der Waals surface area contributed by atoms with Gasteiger partial charge in [0.05, 0.1) is 0 Å². The second-order valence-electron chi connectivity index (χ2n) is 3.84. The Morgan fingerprint density at radius 3 is 2.39 bits per heavy atom. The van der Waals surface area contributed by atoms with Gasteiger partial charge in [-0.1, -0.05) is 45.4 Å². The number of benzene rings is 2. The van der Waals surface area contributed by atoms with Crippen molar-refractivity contribution < 1.29 is 0 Å². The average Bonchev–Trinajstić information content (AvgIpc) is 2.36. The molecule has 0 spiro atoms. The van der Waals surface area contributed by atoms with Crippen LogP contribution in [0.3, 0.4) is 0 Å². The minimum atomic E-state index is 0.794. The lowest BCUT2D eigenvalue weighted by Gasteiger charge is -2.06. The second-order valence-corrected chi connectivity index (χ2v) is 6.31. The highest BCUT2D eigenvalue weighted by atomic mass is 79.9. The van der Waals surface area contributed by atoms with Gasteiger partial charge in [0.2, 0.25) is 0 Å². The van der Waals surface area contributed by atoms with Crippen molar-refractivity contribution in [3.63, 3.8) is 0 Å². The first kappa shape index (κ1) is 13.9. The third-order valence-electron chi connectivity index (χ3n) is 2.44. The van der Waals surface area contributed by atoms with E-state index in [0.717, 1.165) is 26.5 Å². The smallest absolute Gasteiger partial charge is 0.0462 e. The van der Waals surface area contributed by atoms with E-state index < -0.39 is 0 Å². The Kier molecular flexibility index (Phi) is 5.13. The molecule has 2 aromatic carbocycles. The Bertz CT molecular complexity index is 528. The maximum absolute atomic E-state index is 6.24. The van der Waals surface area contributed by atoms with Gasteiger partial charge in [-0.05, 0) is 49.0 Å². The van der Waals surface area contributed by atoms with Crippen LogP contribution >= 0.6 is 39.3 Å². The van der Waals surface area contributed by atoms with Gasteiger partial charge in [0, 0.05) is 25.8 Å². The summed E-state index contributed by atoms with van der Waals surface area (Å²) < 4.78 is 1.09. The summed E-state index contributed by atoms with van der Waals surface area (Å²) in [5, 5.41) is 3.92. The Hall–Kier alpha value is -0.480. The molecule has 0 fully saturated rings. The number of halogens is 2. The molecule has 2 rings (SSSR count). The molecule has 18 heavy (non-hydrogen) atoms. The van der Waals surface area contributed by atoms with Crippen LogP contribution in [0.1, 0.15) is 5.56 Å². The van der Waals surface area contributed by atoms with Crippen LogP contribution in [0.5, 0.6) is 0 Å². The highest BCUT2D eigenvalue weighted by Gasteiger charge is 2.03. The van der Waals surface area contributed by atoms with Crippen LogP contribution in [-0.4, -0.2) is 7.05 Å². The molecule has 1 nitrogen and oxygen atoms in total. The molecule has 1 N–H and O–H groups in total. The van der Waals surface area contributed by atoms with Crippen molar-refractivity contribution in [3.05, 3.63) is 57.5 Å². The average molecular weight is 343 g/mol. The lowest BCUT2D eigenvalue weighted by Crippen LogP contribution is -2.05. The summed E-state index contributed by atoms with van der Waals surface area (Å²) in [6, 6.07) is 14.4. The topological polar surface area (TPSA) is 12.0 Å². The third-order valence-corrected chi connectivity index (χ3v) is 4.32. The van der Waals surface area contributed by atoms with Crippen LogP contribution in [0.4, 0.5) is 0 Å². The molecule has 0 aliphatic carbocycles. The molecule has 0 bridgehead atoms. The first-order chi connectivity index (χ1) is 8.69. The molecule has 0 saturated carbocycles. The van der Waals surface area contributed by atoms with Gasteiger partial charge in [-0.25, -0.2) is 0 Å². The summed E-state index contributed by atoms with van der Waals surface area (Å²) in [6.45, 7) is 0.794. The summed E-state index contributed by atoms with van der Waals surface area (Å²) in [5.41, 5.74) is 1.12. The predicted octanol–water partition coefficient (Wildman–Crippen LogP) is 4.97. The fourth-order valence-corrected chi connectivity index (χ4v) is 3.00. The molecule has 0 radical (unpaired) electrons. The van der Waals surface area contributed by atoms with E-state index >= 15 is 0 Å². The van der Waals surface area contributed by atoms with Crippen LogP contribution in [0, 0.1) is 0 Å². The van der Waals surface area contributed by atoms with E-state index in [0.29, 0.717) is 0 Å². The Morgan fingerprint density at radius 1 is 1.11 bits per heavy atom. The van der Waals surface area contributed by atoms with Crippen molar-refractivity contribution in [2.75, 3.05) is 7.05 Å². The number of nitrogens with one attached hydrogen (secondary N) is 1. The summed E-state index contributed by atoms with van der Waals surface area (Å²) >= 11 is 11.4. The molecule has 0 heterocycles. The van der Waals surface area contributed by atoms with E-state index in [1.54, 1.807) is 11.8 Å². The monoisotopic (exact) mass is 341 g/mol. The van der Waals surface area contributed by atoms with Gasteiger partial charge in [0.1, 0.15) is 0 Å². The molecule has 0 aliphatic heterocycles. The molecule has 0 aliphatic rings. The molecule has 0 aromatic heterocycles. The van der Waals surface area contributed by atoms with Crippen LogP contribution in [0.15, 0.2) is 56.7 Å². The zero-order valence-electron chi connectivity index (χ0n) is 9.91. The first-order valence-corrected chi connectivity index (χ1v) is 7.54. The van der Waals surface area contributed by atoms with Gasteiger partial charge in [-0.3, -0.25) is 0 Å². The highest BCUT2D eigenvalue weighted by Crippen LogP contribution is 2.31. The predicted molar refractivity (Wildman–Crippen MR) is 82.5 cm³/mol. The number of rotatable bonds is 4. The second kappa shape index (κ2) is 6.62. The van der Waals surface area contributed by atoms with Crippen molar-refractivity contribution in [2.24, 2.45) is 0 Å². The summed E-state index contributed by atoms with van der Waals surface area (Å²) in [6.07, 6.45) is 0. The van der Waals surface area contributed by atoms with Crippen molar-refractivity contribution in [1.29, 1.82) is 0 Å². The standard InChI is InChI=1S/C14H13BrClNS/c1-17-9-10-2-5-13(8-14(10)16)18-12-6-3-11(15)4-7-12/h2-8,17H,9H2,1H3. The summed E-state index contributed by atoms with van der Waals surface area (Å²) in [7, 11) is 1.92. The molecule has 2 aromatic rings. The lowest BCUT2D eigenvalue weighted by atomic mass is 10.2. The van der Waals surface area contributed by atoms with Crippen molar-refractivity contribution in [3.8, 4) is 0 Å². The molecule has 4 heteroatoms. The first-order valence-electron chi connectivity index (χ1n) is 5.55. The van der Waals surface area contributed by atoms with E-state index in [1.165, 1.54) is 4.90 Å². The molecule has 94 valence electrons. The lowest BCUT2D eigenvalue weighted by molar-refractivity contribution is 0.817. The SMILES string of the molecule is CNCc1ccc(Sc2ccc(Br)cc2)cc1Cl. The Balaban J connectivity index is 2.14. The fraction of sp³-hybridized carbons (Fsp3) is 0.143. The van der Waals surface area contributed by atoms with E-state index in [-0.39, 0.29) is 0 Å². The largest absolute Gasteiger partial charge is 0.316 e. The maximum Gasteiger partial charge on any atom is 0.0462 e. The number of hydrogen-bond acceptors (Lipinski definition) is 2. The Morgan fingerprint density at radius 2 is 1.78 bits per heavy atom. The van der Waals surface area contributed by atoms with Crippen LogP contribution in [-0.2, 0) is 6.54 Å². The Labute approximate surface area is 125 Å². The quantitative estimate of drug-likeness (QED) is 0.841. The van der Waals surface area contributed by atoms with Gasteiger partial charge in [-0.2, -0.15) is 0 Å². The zero-order chi connectivity index (χ0) is 13.0. The van der Waals surface area contributed by atoms with E-state index in [2.05, 4.69) is 45.5 Å². The zero-order valence-corrected chi connectivity index (χ0v) is 13.1. The fourth-order valence-electron chi connectivity index (χ4n) is 1.56. The van der Waals surface area contributed by atoms with E-state index in [9.17, 15) is 0 Å². The summed E-state index contributed by atoms with van der Waals surface area (Å²) in [4.78, 5) is 2.36. The highest BCUT2D eigenvalue weighted by molar-refractivity contribution is 9.10. The van der Waals surface area contributed by atoms with Crippen molar-refractivity contribution in [2.45, 2.75) is 16.3 Å². The molecular weight excluding hydrogens is 330 g/mol. The van der Waals surface area contributed by atoms with Crippen LogP contribution in [0.25, 0.3) is 0 Å². The van der Waals surface area contributed by atoms with Crippen molar-refractivity contribution in [1.82, 2.24) is 5.32 Å². The minimum Gasteiger partial charge on any atom is -0.316 e. The molecule has 0 saturated heterocycles. The van der Waals surface area contributed by atoms with Gasteiger partial charge >= 0.3 is 0 Å². The number of hydrogen-bond donors (Lipinski definition) is 1. The van der Waals surface area contributed by atoms with Gasteiger partial charge in [0.15, 0.2) is 0 Å². The summed E-state index contributed by atoms with van der Waals surface area (Å²) in [5.74, 6) is 0. The van der Waals surface area contributed by atoms with Gasteiger partial charge in [-0.15, -0.1) is 0 Å². The van der Waals surface area contributed by atoms with Gasteiger partial charge < -0.3 is 5.32 Å². The minimum absolute atomic E-state index is 0.794. The maximum atomic E-state index is 6.24. The normalized spacial score (nSPS) is 10.6. The van der Waals surface area contributed by atoms with Crippen LogP contribution in [0.2, 0.25) is 5.02 Å². The van der Waals surface area contributed by atoms with E-state index in [1.807, 2.05) is 25.2 Å². The van der Waals surface area contributed by atoms with Crippen LogP contribution < -0.4 is 5.32 Å². The van der Waals surface area contributed by atoms with Crippen molar-refractivity contribution >= 4 is 39.3 Å². The van der Waals surface area contributed by atoms with Gasteiger partial charge in [0.25, 0.3) is 0 Å².